The van der Waals surface area contributed by atoms with E-state index in [0.29, 0.717) is 18.9 Å². The summed E-state index contributed by atoms with van der Waals surface area (Å²) in [5, 5.41) is 14.0. The van der Waals surface area contributed by atoms with Crippen LogP contribution < -0.4 is 19.5 Å². The maximum absolute atomic E-state index is 10.7. The van der Waals surface area contributed by atoms with Crippen LogP contribution in [0.5, 0.6) is 17.2 Å². The number of aliphatic hydroxyl groups excluding tert-OH is 1. The molecule has 30 heavy (non-hydrogen) atoms. The fraction of sp³-hybridized carbons (Fsp3) is 0.280. The molecular weight excluding hydrogens is 378 g/mol. The quantitative estimate of drug-likeness (QED) is 0.468. The summed E-state index contributed by atoms with van der Waals surface area (Å²) < 4.78 is 16.6. The van der Waals surface area contributed by atoms with Crippen LogP contribution in [-0.4, -0.2) is 32.4 Å². The lowest BCUT2D eigenvalue weighted by Gasteiger charge is -2.17. The van der Waals surface area contributed by atoms with Crippen LogP contribution >= 0.6 is 0 Å². The number of hydrogen-bond acceptors (Lipinski definition) is 5. The second-order valence-electron chi connectivity index (χ2n) is 6.97. The summed E-state index contributed by atoms with van der Waals surface area (Å²) in [7, 11) is 3.26. The Morgan fingerprint density at radius 2 is 1.53 bits per heavy atom. The van der Waals surface area contributed by atoms with Gasteiger partial charge in [0, 0.05) is 12.1 Å². The SMILES string of the molecule is COc1ccc(CCNCC(O)c2ccccc2OCc2ccccc2)cc1OC. The molecule has 3 aromatic carbocycles. The Morgan fingerprint density at radius 3 is 2.30 bits per heavy atom. The third-order valence-corrected chi connectivity index (χ3v) is 4.89. The predicted molar refractivity (Wildman–Crippen MR) is 118 cm³/mol. The maximum atomic E-state index is 10.7. The molecule has 0 aliphatic heterocycles. The van der Waals surface area contributed by atoms with Crippen molar-refractivity contribution in [2.75, 3.05) is 27.3 Å². The molecule has 0 radical (unpaired) electrons. The Bertz CT molecular complexity index is 914. The van der Waals surface area contributed by atoms with Crippen molar-refractivity contribution in [2.24, 2.45) is 0 Å². The van der Waals surface area contributed by atoms with E-state index in [1.54, 1.807) is 14.2 Å². The minimum absolute atomic E-state index is 0.443. The van der Waals surface area contributed by atoms with Gasteiger partial charge in [0.25, 0.3) is 0 Å². The van der Waals surface area contributed by atoms with E-state index in [1.807, 2.05) is 72.8 Å². The van der Waals surface area contributed by atoms with E-state index in [-0.39, 0.29) is 0 Å². The number of rotatable bonds is 11. The van der Waals surface area contributed by atoms with Gasteiger partial charge in [0.2, 0.25) is 0 Å². The summed E-state index contributed by atoms with van der Waals surface area (Å²) in [5.74, 6) is 2.15. The Kier molecular flexibility index (Phi) is 8.12. The summed E-state index contributed by atoms with van der Waals surface area (Å²) in [5.41, 5.74) is 3.02. The van der Waals surface area contributed by atoms with Crippen molar-refractivity contribution in [1.82, 2.24) is 5.32 Å². The van der Waals surface area contributed by atoms with E-state index in [4.69, 9.17) is 14.2 Å². The third kappa shape index (κ3) is 5.99. The summed E-state index contributed by atoms with van der Waals surface area (Å²) >= 11 is 0. The Labute approximate surface area is 178 Å². The van der Waals surface area contributed by atoms with Gasteiger partial charge in [0.1, 0.15) is 12.4 Å². The lowest BCUT2D eigenvalue weighted by atomic mass is 10.1. The predicted octanol–water partition coefficient (Wildman–Crippen LogP) is 4.15. The molecule has 0 saturated heterocycles. The summed E-state index contributed by atoms with van der Waals surface area (Å²) in [4.78, 5) is 0. The number of para-hydroxylation sites is 1. The molecule has 1 unspecified atom stereocenters. The number of hydrogen-bond donors (Lipinski definition) is 2. The number of ether oxygens (including phenoxy) is 3. The molecule has 158 valence electrons. The van der Waals surface area contributed by atoms with Crippen LogP contribution in [0.25, 0.3) is 0 Å². The van der Waals surface area contributed by atoms with Crippen LogP contribution in [-0.2, 0) is 13.0 Å². The van der Waals surface area contributed by atoms with Gasteiger partial charge < -0.3 is 24.6 Å². The van der Waals surface area contributed by atoms with E-state index in [9.17, 15) is 5.11 Å². The monoisotopic (exact) mass is 407 g/mol. The largest absolute Gasteiger partial charge is 0.493 e. The second kappa shape index (κ2) is 11.2. The first-order valence-electron chi connectivity index (χ1n) is 10.1. The van der Waals surface area contributed by atoms with Crippen LogP contribution in [0.3, 0.4) is 0 Å². The van der Waals surface area contributed by atoms with E-state index in [2.05, 4.69) is 5.32 Å². The Morgan fingerprint density at radius 1 is 0.800 bits per heavy atom. The molecule has 0 saturated carbocycles. The highest BCUT2D eigenvalue weighted by atomic mass is 16.5. The topological polar surface area (TPSA) is 60.0 Å². The number of nitrogens with one attached hydrogen (secondary N) is 1. The van der Waals surface area contributed by atoms with Gasteiger partial charge in [-0.15, -0.1) is 0 Å². The minimum atomic E-state index is -0.651. The van der Waals surface area contributed by atoms with E-state index >= 15 is 0 Å². The lowest BCUT2D eigenvalue weighted by Crippen LogP contribution is -2.24. The van der Waals surface area contributed by atoms with Crippen LogP contribution in [0.2, 0.25) is 0 Å². The number of aliphatic hydroxyl groups is 1. The first kappa shape index (κ1) is 21.7. The minimum Gasteiger partial charge on any atom is -0.493 e. The van der Waals surface area contributed by atoms with Crippen molar-refractivity contribution >= 4 is 0 Å². The highest BCUT2D eigenvalue weighted by molar-refractivity contribution is 5.43. The first-order valence-corrected chi connectivity index (χ1v) is 10.1. The van der Waals surface area contributed by atoms with E-state index in [1.165, 1.54) is 0 Å². The lowest BCUT2D eigenvalue weighted by molar-refractivity contribution is 0.168. The smallest absolute Gasteiger partial charge is 0.160 e. The fourth-order valence-corrected chi connectivity index (χ4v) is 3.24. The van der Waals surface area contributed by atoms with Crippen LogP contribution in [0, 0.1) is 0 Å². The van der Waals surface area contributed by atoms with Gasteiger partial charge in [0.05, 0.1) is 20.3 Å². The van der Waals surface area contributed by atoms with Gasteiger partial charge >= 0.3 is 0 Å². The Hall–Kier alpha value is -3.02. The number of benzene rings is 3. The van der Waals surface area contributed by atoms with Crippen molar-refractivity contribution in [2.45, 2.75) is 19.1 Å². The van der Waals surface area contributed by atoms with Gasteiger partial charge in [-0.3, -0.25) is 0 Å². The van der Waals surface area contributed by atoms with Gasteiger partial charge in [-0.2, -0.15) is 0 Å². The normalized spacial score (nSPS) is 11.7. The highest BCUT2D eigenvalue weighted by Crippen LogP contribution is 2.28. The van der Waals surface area contributed by atoms with Crippen molar-refractivity contribution in [1.29, 1.82) is 0 Å². The molecule has 3 aromatic rings. The van der Waals surface area contributed by atoms with Crippen molar-refractivity contribution in [3.05, 3.63) is 89.5 Å². The van der Waals surface area contributed by atoms with Gasteiger partial charge in [0.15, 0.2) is 11.5 Å². The van der Waals surface area contributed by atoms with E-state index < -0.39 is 6.10 Å². The summed E-state index contributed by atoms with van der Waals surface area (Å²) in [6, 6.07) is 23.5. The molecule has 0 bridgehead atoms. The van der Waals surface area contributed by atoms with Crippen molar-refractivity contribution in [3.63, 3.8) is 0 Å². The Balaban J connectivity index is 1.51. The van der Waals surface area contributed by atoms with Crippen LogP contribution in [0.15, 0.2) is 72.8 Å². The highest BCUT2D eigenvalue weighted by Gasteiger charge is 2.13. The summed E-state index contributed by atoms with van der Waals surface area (Å²) in [6.45, 7) is 1.65. The zero-order valence-electron chi connectivity index (χ0n) is 17.5. The summed E-state index contributed by atoms with van der Waals surface area (Å²) in [6.07, 6.45) is 0.168. The molecule has 5 nitrogen and oxygen atoms in total. The van der Waals surface area contributed by atoms with Gasteiger partial charge in [-0.05, 0) is 42.3 Å². The molecule has 0 fully saturated rings. The zero-order chi connectivity index (χ0) is 21.2. The standard InChI is InChI=1S/C25H29NO4/c1-28-24-13-12-19(16-25(24)29-2)14-15-26-17-22(27)21-10-6-7-11-23(21)30-18-20-8-4-3-5-9-20/h3-13,16,22,26-27H,14-15,17-18H2,1-2H3. The molecule has 0 spiro atoms. The van der Waals surface area contributed by atoms with E-state index in [0.717, 1.165) is 41.2 Å². The number of methoxy groups -OCH3 is 2. The fourth-order valence-electron chi connectivity index (χ4n) is 3.24. The molecule has 2 N–H and O–H groups in total. The molecule has 0 aliphatic rings. The van der Waals surface area contributed by atoms with Crippen molar-refractivity contribution < 1.29 is 19.3 Å². The molecular formula is C25H29NO4. The first-order chi connectivity index (χ1) is 14.7. The van der Waals surface area contributed by atoms with Gasteiger partial charge in [-0.25, -0.2) is 0 Å². The second-order valence-corrected chi connectivity index (χ2v) is 6.97. The van der Waals surface area contributed by atoms with Crippen LogP contribution in [0.4, 0.5) is 0 Å². The molecule has 0 amide bonds. The van der Waals surface area contributed by atoms with Crippen LogP contribution in [0.1, 0.15) is 22.8 Å². The average molecular weight is 408 g/mol. The van der Waals surface area contributed by atoms with Crippen molar-refractivity contribution in [3.8, 4) is 17.2 Å². The molecule has 1 atom stereocenters. The molecule has 0 heterocycles. The maximum Gasteiger partial charge on any atom is 0.160 e. The molecule has 0 aromatic heterocycles. The third-order valence-electron chi connectivity index (χ3n) is 4.89. The molecule has 3 rings (SSSR count). The molecule has 5 heteroatoms. The molecule has 0 aliphatic carbocycles. The zero-order valence-corrected chi connectivity index (χ0v) is 17.5. The average Bonchev–Trinajstić information content (AvgIpc) is 2.81. The van der Waals surface area contributed by atoms with Gasteiger partial charge in [-0.1, -0.05) is 54.6 Å².